The molecule has 140 valence electrons. The Morgan fingerprint density at radius 1 is 1.33 bits per heavy atom. The third-order valence-electron chi connectivity index (χ3n) is 3.88. The van der Waals surface area contributed by atoms with Crippen molar-refractivity contribution in [2.24, 2.45) is 0 Å². The summed E-state index contributed by atoms with van der Waals surface area (Å²) >= 11 is 0. The van der Waals surface area contributed by atoms with E-state index in [1.807, 2.05) is 6.07 Å². The number of furan rings is 1. The second-order valence-corrected chi connectivity index (χ2v) is 5.73. The van der Waals surface area contributed by atoms with Crippen molar-refractivity contribution in [2.45, 2.75) is 19.0 Å². The molecule has 0 aliphatic heterocycles. The summed E-state index contributed by atoms with van der Waals surface area (Å²) in [5, 5.41) is 9.40. The van der Waals surface area contributed by atoms with Crippen LogP contribution >= 0.6 is 0 Å². The van der Waals surface area contributed by atoms with E-state index in [9.17, 15) is 18.0 Å². The van der Waals surface area contributed by atoms with Gasteiger partial charge in [-0.1, -0.05) is 0 Å². The van der Waals surface area contributed by atoms with Gasteiger partial charge in [0.1, 0.15) is 18.2 Å². The van der Waals surface area contributed by atoms with Gasteiger partial charge in [-0.25, -0.2) is 9.97 Å². The molecule has 0 atom stereocenters. The fourth-order valence-corrected chi connectivity index (χ4v) is 2.59. The van der Waals surface area contributed by atoms with Gasteiger partial charge in [-0.2, -0.15) is 18.4 Å². The van der Waals surface area contributed by atoms with Gasteiger partial charge in [0.05, 0.1) is 24.6 Å². The first kappa shape index (κ1) is 18.4. The van der Waals surface area contributed by atoms with E-state index in [2.05, 4.69) is 15.0 Å². The lowest BCUT2D eigenvalue weighted by Gasteiger charge is -2.21. The Hall–Kier alpha value is -3.35. The number of aromatic amines is 1. The Bertz CT molecular complexity index is 986. The Morgan fingerprint density at radius 2 is 2.15 bits per heavy atom. The molecule has 0 saturated carbocycles. The topological polar surface area (TPSA) is 98.8 Å². The smallest absolute Gasteiger partial charge is 0.390 e. The number of amides is 1. The van der Waals surface area contributed by atoms with E-state index in [4.69, 9.17) is 9.68 Å². The minimum absolute atomic E-state index is 0.0763. The summed E-state index contributed by atoms with van der Waals surface area (Å²) in [4.78, 5) is 24.7. The van der Waals surface area contributed by atoms with Crippen molar-refractivity contribution in [3.05, 3.63) is 36.7 Å². The molecule has 1 amide bonds. The monoisotopic (exact) mass is 377 g/mol. The second kappa shape index (κ2) is 7.49. The highest BCUT2D eigenvalue weighted by Gasteiger charge is 2.30. The van der Waals surface area contributed by atoms with Crippen molar-refractivity contribution in [3.8, 4) is 17.3 Å². The Balaban J connectivity index is 1.83. The number of hydrogen-bond donors (Lipinski definition) is 1. The maximum atomic E-state index is 12.5. The largest absolute Gasteiger partial charge is 0.458 e. The number of H-pyrrole nitrogens is 1. The third-order valence-corrected chi connectivity index (χ3v) is 3.88. The van der Waals surface area contributed by atoms with Crippen molar-refractivity contribution in [1.82, 2.24) is 19.9 Å². The fourth-order valence-electron chi connectivity index (χ4n) is 2.59. The second-order valence-electron chi connectivity index (χ2n) is 5.73. The van der Waals surface area contributed by atoms with Gasteiger partial charge in [0.25, 0.3) is 5.91 Å². The molecule has 0 aliphatic rings. The minimum atomic E-state index is -4.40. The lowest BCUT2D eigenvalue weighted by atomic mass is 10.1. The van der Waals surface area contributed by atoms with Crippen molar-refractivity contribution in [3.63, 3.8) is 0 Å². The number of fused-ring (bicyclic) bond motifs is 1. The SMILES string of the molecule is N#CCCN(CCC(F)(F)F)C(=O)c1cc(-c2ncnc3[nH]ccc23)co1. The minimum Gasteiger partial charge on any atom is -0.458 e. The van der Waals surface area contributed by atoms with Crippen LogP contribution in [0.5, 0.6) is 0 Å². The third kappa shape index (κ3) is 4.25. The Labute approximate surface area is 151 Å². The molecular weight excluding hydrogens is 363 g/mol. The summed E-state index contributed by atoms with van der Waals surface area (Å²) in [6.07, 6.45) is -1.28. The maximum Gasteiger partial charge on any atom is 0.390 e. The van der Waals surface area contributed by atoms with Crippen LogP contribution in [0.3, 0.4) is 0 Å². The molecule has 3 aromatic rings. The van der Waals surface area contributed by atoms with Gasteiger partial charge in [0.15, 0.2) is 5.76 Å². The average Bonchev–Trinajstić information content (AvgIpc) is 3.29. The number of alkyl halides is 3. The van der Waals surface area contributed by atoms with Gasteiger partial charge in [0, 0.05) is 30.2 Å². The number of carbonyl (C=O) groups excluding carboxylic acids is 1. The van der Waals surface area contributed by atoms with Crippen molar-refractivity contribution in [1.29, 1.82) is 5.26 Å². The summed E-state index contributed by atoms with van der Waals surface area (Å²) in [5.74, 6) is -0.826. The normalized spacial score (nSPS) is 11.5. The van der Waals surface area contributed by atoms with Crippen LogP contribution in [-0.4, -0.2) is 45.0 Å². The summed E-state index contributed by atoms with van der Waals surface area (Å²) in [6.45, 7) is -0.660. The molecule has 27 heavy (non-hydrogen) atoms. The quantitative estimate of drug-likeness (QED) is 0.709. The molecule has 3 rings (SSSR count). The molecule has 0 fully saturated rings. The van der Waals surface area contributed by atoms with Crippen LogP contribution in [0.4, 0.5) is 13.2 Å². The summed E-state index contributed by atoms with van der Waals surface area (Å²) in [5.41, 5.74) is 1.64. The first-order valence-corrected chi connectivity index (χ1v) is 7.99. The van der Waals surface area contributed by atoms with E-state index < -0.39 is 25.0 Å². The maximum absolute atomic E-state index is 12.5. The summed E-state index contributed by atoms with van der Waals surface area (Å²) in [7, 11) is 0. The van der Waals surface area contributed by atoms with Gasteiger partial charge in [-0.3, -0.25) is 4.79 Å². The predicted octanol–water partition coefficient (Wildman–Crippen LogP) is 3.53. The van der Waals surface area contributed by atoms with Crippen LogP contribution in [0, 0.1) is 11.3 Å². The van der Waals surface area contributed by atoms with Crippen LogP contribution in [0.15, 0.2) is 35.3 Å². The van der Waals surface area contributed by atoms with Crippen molar-refractivity contribution < 1.29 is 22.4 Å². The fraction of sp³-hybridized carbons (Fsp3) is 0.294. The molecule has 3 aromatic heterocycles. The molecule has 0 aromatic carbocycles. The van der Waals surface area contributed by atoms with Crippen molar-refractivity contribution >= 4 is 16.9 Å². The lowest BCUT2D eigenvalue weighted by molar-refractivity contribution is -0.136. The Morgan fingerprint density at radius 3 is 2.89 bits per heavy atom. The molecule has 3 heterocycles. The van der Waals surface area contributed by atoms with Gasteiger partial charge in [-0.15, -0.1) is 0 Å². The molecule has 0 radical (unpaired) electrons. The average molecular weight is 377 g/mol. The first-order valence-electron chi connectivity index (χ1n) is 7.99. The molecular formula is C17H14F3N5O2. The number of halogens is 3. The van der Waals surface area contributed by atoms with E-state index in [0.29, 0.717) is 16.9 Å². The highest BCUT2D eigenvalue weighted by Crippen LogP contribution is 2.27. The van der Waals surface area contributed by atoms with Gasteiger partial charge < -0.3 is 14.3 Å². The first-order chi connectivity index (χ1) is 12.9. The zero-order valence-corrected chi connectivity index (χ0v) is 14.0. The van der Waals surface area contributed by atoms with E-state index in [1.165, 1.54) is 18.7 Å². The number of hydrogen-bond acceptors (Lipinski definition) is 5. The molecule has 0 spiro atoms. The Kier molecular flexibility index (Phi) is 5.12. The molecule has 10 heteroatoms. The van der Waals surface area contributed by atoms with E-state index in [1.54, 1.807) is 12.3 Å². The molecule has 1 N–H and O–H groups in total. The van der Waals surface area contributed by atoms with E-state index >= 15 is 0 Å². The van der Waals surface area contributed by atoms with Crippen LogP contribution in [-0.2, 0) is 0 Å². The molecule has 0 bridgehead atoms. The highest BCUT2D eigenvalue weighted by atomic mass is 19.4. The zero-order chi connectivity index (χ0) is 19.4. The predicted molar refractivity (Wildman–Crippen MR) is 88.4 cm³/mol. The van der Waals surface area contributed by atoms with Crippen LogP contribution < -0.4 is 0 Å². The number of nitrogens with zero attached hydrogens (tertiary/aromatic N) is 4. The molecule has 0 saturated heterocycles. The number of nitrogens with one attached hydrogen (secondary N) is 1. The zero-order valence-electron chi connectivity index (χ0n) is 14.0. The summed E-state index contributed by atoms with van der Waals surface area (Å²) in [6, 6.07) is 5.01. The van der Waals surface area contributed by atoms with Crippen LogP contribution in [0.25, 0.3) is 22.3 Å². The van der Waals surface area contributed by atoms with Gasteiger partial charge in [-0.05, 0) is 12.1 Å². The van der Waals surface area contributed by atoms with Crippen LogP contribution in [0.1, 0.15) is 23.4 Å². The standard InChI is InChI=1S/C17H14F3N5O2/c18-17(19,20)3-7-25(6-1-4-21)16(26)13-8-11(9-27-13)14-12-2-5-22-15(12)24-10-23-14/h2,5,8-10H,1,3,6-7H2,(H,22,23,24). The summed E-state index contributed by atoms with van der Waals surface area (Å²) < 4.78 is 42.8. The molecule has 0 unspecified atom stereocenters. The van der Waals surface area contributed by atoms with E-state index in [0.717, 1.165) is 10.3 Å². The number of nitriles is 1. The molecule has 0 aliphatic carbocycles. The van der Waals surface area contributed by atoms with E-state index in [-0.39, 0.29) is 18.7 Å². The number of aromatic nitrogens is 3. The number of carbonyl (C=O) groups is 1. The van der Waals surface area contributed by atoms with Gasteiger partial charge in [0.2, 0.25) is 0 Å². The number of rotatable bonds is 6. The lowest BCUT2D eigenvalue weighted by Crippen LogP contribution is -2.34. The van der Waals surface area contributed by atoms with Gasteiger partial charge >= 0.3 is 6.18 Å². The molecule has 7 nitrogen and oxygen atoms in total. The van der Waals surface area contributed by atoms with Crippen molar-refractivity contribution in [2.75, 3.05) is 13.1 Å². The highest BCUT2D eigenvalue weighted by molar-refractivity contribution is 5.95. The van der Waals surface area contributed by atoms with Crippen LogP contribution in [0.2, 0.25) is 0 Å².